The summed E-state index contributed by atoms with van der Waals surface area (Å²) in [5.41, 5.74) is 1.46. The second kappa shape index (κ2) is 4.17. The standard InChI is InChI=1S/C14H17NO/c1-14(8-6-11(10-15)7-9-14)12-2-4-13(16)5-3-12/h2-5,11,16H,6-9H2,1H3/t11-,14-. The van der Waals surface area contributed by atoms with Crippen molar-refractivity contribution in [2.24, 2.45) is 5.92 Å². The summed E-state index contributed by atoms with van der Waals surface area (Å²) < 4.78 is 0. The van der Waals surface area contributed by atoms with Crippen LogP contribution in [0.1, 0.15) is 38.2 Å². The zero-order valence-corrected chi connectivity index (χ0v) is 9.61. The Balaban J connectivity index is 2.15. The van der Waals surface area contributed by atoms with Gasteiger partial charge in [0.15, 0.2) is 0 Å². The van der Waals surface area contributed by atoms with E-state index in [1.54, 1.807) is 12.1 Å². The molecule has 1 aliphatic carbocycles. The predicted octanol–water partition coefficient (Wildman–Crippen LogP) is 3.36. The molecular weight excluding hydrogens is 198 g/mol. The molecule has 2 rings (SSSR count). The van der Waals surface area contributed by atoms with E-state index in [4.69, 9.17) is 5.26 Å². The van der Waals surface area contributed by atoms with Gasteiger partial charge in [-0.2, -0.15) is 5.26 Å². The van der Waals surface area contributed by atoms with Crippen LogP contribution in [0.4, 0.5) is 0 Å². The first-order valence-electron chi connectivity index (χ1n) is 5.83. The second-order valence-corrected chi connectivity index (χ2v) is 5.01. The van der Waals surface area contributed by atoms with Gasteiger partial charge in [0.1, 0.15) is 5.75 Å². The Bertz CT molecular complexity index is 394. The molecule has 2 nitrogen and oxygen atoms in total. The van der Waals surface area contributed by atoms with Gasteiger partial charge in [-0.05, 0) is 48.8 Å². The summed E-state index contributed by atoms with van der Waals surface area (Å²) in [7, 11) is 0. The average molecular weight is 215 g/mol. The number of benzene rings is 1. The van der Waals surface area contributed by atoms with Gasteiger partial charge >= 0.3 is 0 Å². The molecule has 0 spiro atoms. The number of phenolic OH excluding ortho intramolecular Hbond substituents is 1. The molecule has 1 aromatic rings. The molecule has 0 aromatic heterocycles. The Morgan fingerprint density at radius 1 is 1.25 bits per heavy atom. The summed E-state index contributed by atoms with van der Waals surface area (Å²) in [4.78, 5) is 0. The van der Waals surface area contributed by atoms with Crippen molar-refractivity contribution in [3.05, 3.63) is 29.8 Å². The third-order valence-electron chi connectivity index (χ3n) is 3.84. The molecule has 16 heavy (non-hydrogen) atoms. The largest absolute Gasteiger partial charge is 0.508 e. The summed E-state index contributed by atoms with van der Waals surface area (Å²) in [6, 6.07) is 9.86. The van der Waals surface area contributed by atoms with Crippen molar-refractivity contribution in [3.63, 3.8) is 0 Å². The normalized spacial score (nSPS) is 29.6. The van der Waals surface area contributed by atoms with Crippen molar-refractivity contribution in [2.75, 3.05) is 0 Å². The van der Waals surface area contributed by atoms with Crippen LogP contribution in [-0.2, 0) is 5.41 Å². The van der Waals surface area contributed by atoms with Crippen LogP contribution in [0.25, 0.3) is 0 Å². The van der Waals surface area contributed by atoms with Crippen molar-refractivity contribution < 1.29 is 5.11 Å². The lowest BCUT2D eigenvalue weighted by atomic mass is 9.68. The molecule has 0 atom stereocenters. The number of rotatable bonds is 1. The Kier molecular flexibility index (Phi) is 2.87. The first-order chi connectivity index (χ1) is 7.64. The van der Waals surface area contributed by atoms with E-state index in [9.17, 15) is 5.11 Å². The van der Waals surface area contributed by atoms with Crippen molar-refractivity contribution in [1.82, 2.24) is 0 Å². The van der Waals surface area contributed by atoms with E-state index in [-0.39, 0.29) is 11.3 Å². The lowest BCUT2D eigenvalue weighted by molar-refractivity contribution is 0.282. The minimum atomic E-state index is 0.182. The molecule has 0 bridgehead atoms. The molecule has 1 saturated carbocycles. The fraction of sp³-hybridized carbons (Fsp3) is 0.500. The Hall–Kier alpha value is -1.49. The van der Waals surface area contributed by atoms with E-state index in [1.165, 1.54) is 5.56 Å². The molecule has 1 fully saturated rings. The van der Waals surface area contributed by atoms with E-state index < -0.39 is 0 Å². The molecule has 0 saturated heterocycles. The van der Waals surface area contributed by atoms with Gasteiger partial charge in [-0.15, -0.1) is 0 Å². The van der Waals surface area contributed by atoms with E-state index in [0.29, 0.717) is 5.75 Å². The van der Waals surface area contributed by atoms with Crippen LogP contribution < -0.4 is 0 Å². The Morgan fingerprint density at radius 2 is 1.81 bits per heavy atom. The molecule has 0 unspecified atom stereocenters. The molecule has 1 N–H and O–H groups in total. The van der Waals surface area contributed by atoms with Gasteiger partial charge in [0.2, 0.25) is 0 Å². The summed E-state index contributed by atoms with van der Waals surface area (Å²) in [5.74, 6) is 0.559. The van der Waals surface area contributed by atoms with Gasteiger partial charge in [-0.1, -0.05) is 19.1 Å². The molecular formula is C14H17NO. The number of nitrogens with zero attached hydrogens (tertiary/aromatic N) is 1. The summed E-state index contributed by atoms with van der Waals surface area (Å²) in [5, 5.41) is 18.2. The average Bonchev–Trinajstić information content (AvgIpc) is 2.31. The monoisotopic (exact) mass is 215 g/mol. The maximum Gasteiger partial charge on any atom is 0.115 e. The van der Waals surface area contributed by atoms with Crippen LogP contribution in [0.15, 0.2) is 24.3 Å². The lowest BCUT2D eigenvalue weighted by Crippen LogP contribution is -2.28. The van der Waals surface area contributed by atoms with E-state index >= 15 is 0 Å². The van der Waals surface area contributed by atoms with Crippen LogP contribution in [-0.4, -0.2) is 5.11 Å². The van der Waals surface area contributed by atoms with Crippen molar-refractivity contribution in [3.8, 4) is 11.8 Å². The van der Waals surface area contributed by atoms with Gasteiger partial charge < -0.3 is 5.11 Å². The summed E-state index contributed by atoms with van der Waals surface area (Å²) in [6.07, 6.45) is 4.12. The van der Waals surface area contributed by atoms with Crippen LogP contribution in [0.5, 0.6) is 5.75 Å². The van der Waals surface area contributed by atoms with Gasteiger partial charge in [0.05, 0.1) is 6.07 Å². The topological polar surface area (TPSA) is 44.0 Å². The van der Waals surface area contributed by atoms with Gasteiger partial charge in [0.25, 0.3) is 0 Å². The highest BCUT2D eigenvalue weighted by molar-refractivity contribution is 5.31. The fourth-order valence-electron chi connectivity index (χ4n) is 2.54. The van der Waals surface area contributed by atoms with Crippen molar-refractivity contribution in [1.29, 1.82) is 5.26 Å². The van der Waals surface area contributed by atoms with Gasteiger partial charge in [-0.25, -0.2) is 0 Å². The zero-order valence-electron chi connectivity index (χ0n) is 9.61. The minimum Gasteiger partial charge on any atom is -0.508 e. The lowest BCUT2D eigenvalue weighted by Gasteiger charge is -2.36. The minimum absolute atomic E-state index is 0.182. The third-order valence-corrected chi connectivity index (χ3v) is 3.84. The van der Waals surface area contributed by atoms with Crippen molar-refractivity contribution >= 4 is 0 Å². The Labute approximate surface area is 96.5 Å². The molecule has 84 valence electrons. The fourth-order valence-corrected chi connectivity index (χ4v) is 2.54. The quantitative estimate of drug-likeness (QED) is 0.780. The number of aromatic hydroxyl groups is 1. The molecule has 0 amide bonds. The maximum atomic E-state index is 9.28. The first-order valence-corrected chi connectivity index (χ1v) is 5.83. The van der Waals surface area contributed by atoms with Crippen LogP contribution in [0.2, 0.25) is 0 Å². The number of phenols is 1. The van der Waals surface area contributed by atoms with Gasteiger partial charge in [-0.3, -0.25) is 0 Å². The molecule has 1 aromatic carbocycles. The predicted molar refractivity (Wildman–Crippen MR) is 63.0 cm³/mol. The maximum absolute atomic E-state index is 9.28. The van der Waals surface area contributed by atoms with Crippen LogP contribution >= 0.6 is 0 Å². The van der Waals surface area contributed by atoms with E-state index in [2.05, 4.69) is 13.0 Å². The molecule has 2 heteroatoms. The summed E-state index contributed by atoms with van der Waals surface area (Å²) >= 11 is 0. The highest BCUT2D eigenvalue weighted by Gasteiger charge is 2.32. The molecule has 0 aliphatic heterocycles. The van der Waals surface area contributed by atoms with Crippen LogP contribution in [0.3, 0.4) is 0 Å². The zero-order chi connectivity index (χ0) is 11.6. The number of hydrogen-bond acceptors (Lipinski definition) is 2. The van der Waals surface area contributed by atoms with E-state index in [1.807, 2.05) is 12.1 Å². The van der Waals surface area contributed by atoms with E-state index in [0.717, 1.165) is 25.7 Å². The SMILES string of the molecule is C[C@]1(c2ccc(O)cc2)CC[C@H](C#N)CC1. The second-order valence-electron chi connectivity index (χ2n) is 5.01. The smallest absolute Gasteiger partial charge is 0.115 e. The number of hydrogen-bond donors (Lipinski definition) is 1. The Morgan fingerprint density at radius 3 is 2.31 bits per heavy atom. The van der Waals surface area contributed by atoms with Crippen molar-refractivity contribution in [2.45, 2.75) is 38.0 Å². The molecule has 0 heterocycles. The van der Waals surface area contributed by atoms with Crippen LogP contribution in [0, 0.1) is 17.2 Å². The van der Waals surface area contributed by atoms with Gasteiger partial charge in [0, 0.05) is 5.92 Å². The first kappa shape index (κ1) is 11.0. The summed E-state index contributed by atoms with van der Waals surface area (Å²) in [6.45, 7) is 2.26. The molecule has 1 aliphatic rings. The number of nitriles is 1. The highest BCUT2D eigenvalue weighted by atomic mass is 16.3. The molecule has 0 radical (unpaired) electrons. The highest BCUT2D eigenvalue weighted by Crippen LogP contribution is 2.41. The third kappa shape index (κ3) is 2.04.